The molecule has 1 amide bonds. The standard InChI is InChI=1S/C21H22ClNO/c22-20-9-5-4-8-19(20)10-11-21(24)23-14-12-18(13-15-23)16-17-6-2-1-3-7-17/h1-11,18H,12-16H2. The summed E-state index contributed by atoms with van der Waals surface area (Å²) in [7, 11) is 0. The molecule has 2 aromatic rings. The van der Waals surface area contributed by atoms with Crippen molar-refractivity contribution in [2.45, 2.75) is 19.3 Å². The summed E-state index contributed by atoms with van der Waals surface area (Å²) in [5.41, 5.74) is 2.27. The molecule has 0 saturated carbocycles. The van der Waals surface area contributed by atoms with E-state index in [0.29, 0.717) is 10.9 Å². The average molecular weight is 340 g/mol. The van der Waals surface area contributed by atoms with Gasteiger partial charge in [-0.15, -0.1) is 0 Å². The van der Waals surface area contributed by atoms with E-state index in [4.69, 9.17) is 11.6 Å². The molecule has 1 saturated heterocycles. The Bertz CT molecular complexity index is 703. The molecule has 24 heavy (non-hydrogen) atoms. The van der Waals surface area contributed by atoms with Crippen LogP contribution in [-0.4, -0.2) is 23.9 Å². The second kappa shape index (κ2) is 8.16. The third-order valence-corrected chi connectivity index (χ3v) is 4.95. The van der Waals surface area contributed by atoms with E-state index < -0.39 is 0 Å². The van der Waals surface area contributed by atoms with Crippen molar-refractivity contribution in [2.75, 3.05) is 13.1 Å². The molecule has 0 aliphatic carbocycles. The largest absolute Gasteiger partial charge is 0.339 e. The Labute approximate surface area is 148 Å². The second-order valence-corrected chi connectivity index (χ2v) is 6.72. The molecule has 0 spiro atoms. The molecule has 1 heterocycles. The summed E-state index contributed by atoms with van der Waals surface area (Å²) < 4.78 is 0. The number of benzene rings is 2. The molecule has 3 rings (SSSR count). The lowest BCUT2D eigenvalue weighted by molar-refractivity contribution is -0.127. The molecule has 124 valence electrons. The van der Waals surface area contributed by atoms with Gasteiger partial charge in [-0.2, -0.15) is 0 Å². The monoisotopic (exact) mass is 339 g/mol. The SMILES string of the molecule is O=C(C=Cc1ccccc1Cl)N1CCC(Cc2ccccc2)CC1. The number of carbonyl (C=O) groups excluding carboxylic acids is 1. The summed E-state index contributed by atoms with van der Waals surface area (Å²) in [5.74, 6) is 0.747. The van der Waals surface area contributed by atoms with Crippen molar-refractivity contribution in [1.29, 1.82) is 0 Å². The fraction of sp³-hybridized carbons (Fsp3) is 0.286. The molecule has 0 unspecified atom stereocenters. The maximum atomic E-state index is 12.3. The molecule has 0 atom stereocenters. The predicted molar refractivity (Wildman–Crippen MR) is 99.9 cm³/mol. The summed E-state index contributed by atoms with van der Waals surface area (Å²) in [6.07, 6.45) is 6.69. The third kappa shape index (κ3) is 4.48. The van der Waals surface area contributed by atoms with E-state index in [1.54, 1.807) is 12.2 Å². The molecule has 1 aliphatic heterocycles. The van der Waals surface area contributed by atoms with Gasteiger partial charge in [0.25, 0.3) is 0 Å². The van der Waals surface area contributed by atoms with Crippen LogP contribution in [0.15, 0.2) is 60.7 Å². The minimum absolute atomic E-state index is 0.0769. The van der Waals surface area contributed by atoms with E-state index in [2.05, 4.69) is 30.3 Å². The van der Waals surface area contributed by atoms with Crippen LogP contribution < -0.4 is 0 Å². The van der Waals surface area contributed by atoms with Crippen molar-refractivity contribution < 1.29 is 4.79 Å². The Balaban J connectivity index is 1.51. The number of hydrogen-bond acceptors (Lipinski definition) is 1. The predicted octanol–water partition coefficient (Wildman–Crippen LogP) is 4.83. The van der Waals surface area contributed by atoms with Crippen LogP contribution in [0.3, 0.4) is 0 Å². The van der Waals surface area contributed by atoms with Crippen LogP contribution in [0, 0.1) is 5.92 Å². The van der Waals surface area contributed by atoms with Crippen LogP contribution in [0.2, 0.25) is 5.02 Å². The van der Waals surface area contributed by atoms with Crippen molar-refractivity contribution >= 4 is 23.6 Å². The first-order valence-electron chi connectivity index (χ1n) is 8.48. The Kier molecular flexibility index (Phi) is 5.71. The third-order valence-electron chi connectivity index (χ3n) is 4.60. The van der Waals surface area contributed by atoms with Crippen LogP contribution in [0.1, 0.15) is 24.0 Å². The molecule has 0 N–H and O–H groups in total. The zero-order chi connectivity index (χ0) is 16.8. The average Bonchev–Trinajstić information content (AvgIpc) is 2.62. The lowest BCUT2D eigenvalue weighted by Crippen LogP contribution is -2.37. The van der Waals surface area contributed by atoms with Gasteiger partial charge in [-0.05, 0) is 48.4 Å². The molecule has 1 fully saturated rings. The molecule has 1 aliphatic rings. The van der Waals surface area contributed by atoms with E-state index in [1.165, 1.54) is 5.56 Å². The van der Waals surface area contributed by atoms with Gasteiger partial charge in [-0.1, -0.05) is 60.1 Å². The minimum Gasteiger partial charge on any atom is -0.339 e. The number of halogens is 1. The first-order valence-corrected chi connectivity index (χ1v) is 8.85. The van der Waals surface area contributed by atoms with Gasteiger partial charge in [0, 0.05) is 24.2 Å². The van der Waals surface area contributed by atoms with Gasteiger partial charge < -0.3 is 4.90 Å². The number of hydrogen-bond donors (Lipinski definition) is 0. The Morgan fingerprint density at radius 2 is 1.71 bits per heavy atom. The van der Waals surface area contributed by atoms with Crippen molar-refractivity contribution in [1.82, 2.24) is 4.90 Å². The Morgan fingerprint density at radius 3 is 2.42 bits per heavy atom. The molecule has 2 nitrogen and oxygen atoms in total. The zero-order valence-corrected chi connectivity index (χ0v) is 14.5. The fourth-order valence-electron chi connectivity index (χ4n) is 3.18. The van der Waals surface area contributed by atoms with Gasteiger partial charge in [-0.3, -0.25) is 4.79 Å². The van der Waals surface area contributed by atoms with Crippen molar-refractivity contribution in [3.8, 4) is 0 Å². The van der Waals surface area contributed by atoms with Gasteiger partial charge in [0.05, 0.1) is 0 Å². The maximum absolute atomic E-state index is 12.3. The highest BCUT2D eigenvalue weighted by Crippen LogP contribution is 2.22. The Hall–Kier alpha value is -2.06. The highest BCUT2D eigenvalue weighted by atomic mass is 35.5. The maximum Gasteiger partial charge on any atom is 0.246 e. The van der Waals surface area contributed by atoms with Crippen LogP contribution >= 0.6 is 11.6 Å². The number of nitrogens with zero attached hydrogens (tertiary/aromatic N) is 1. The summed E-state index contributed by atoms with van der Waals surface area (Å²) in [5, 5.41) is 0.670. The van der Waals surface area contributed by atoms with Crippen LogP contribution in [0.5, 0.6) is 0 Å². The van der Waals surface area contributed by atoms with E-state index >= 15 is 0 Å². The summed E-state index contributed by atoms with van der Waals surface area (Å²) in [6, 6.07) is 18.2. The van der Waals surface area contributed by atoms with Crippen LogP contribution in [0.25, 0.3) is 6.08 Å². The van der Waals surface area contributed by atoms with Gasteiger partial charge in [0.15, 0.2) is 0 Å². The van der Waals surface area contributed by atoms with Gasteiger partial charge in [-0.25, -0.2) is 0 Å². The van der Waals surface area contributed by atoms with Crippen molar-refractivity contribution in [3.63, 3.8) is 0 Å². The topological polar surface area (TPSA) is 20.3 Å². The normalized spacial score (nSPS) is 15.8. The number of likely N-dealkylation sites (tertiary alicyclic amines) is 1. The molecular formula is C21H22ClNO. The molecule has 2 aromatic carbocycles. The molecule has 0 radical (unpaired) electrons. The van der Waals surface area contributed by atoms with Crippen LogP contribution in [0.4, 0.5) is 0 Å². The minimum atomic E-state index is 0.0769. The van der Waals surface area contributed by atoms with Gasteiger partial charge >= 0.3 is 0 Å². The molecule has 3 heteroatoms. The van der Waals surface area contributed by atoms with Gasteiger partial charge in [0.1, 0.15) is 0 Å². The summed E-state index contributed by atoms with van der Waals surface area (Å²) in [6.45, 7) is 1.67. The summed E-state index contributed by atoms with van der Waals surface area (Å²) >= 11 is 6.11. The lowest BCUT2D eigenvalue weighted by Gasteiger charge is -2.31. The highest BCUT2D eigenvalue weighted by molar-refractivity contribution is 6.32. The Morgan fingerprint density at radius 1 is 1.04 bits per heavy atom. The number of piperidine rings is 1. The highest BCUT2D eigenvalue weighted by Gasteiger charge is 2.21. The fourth-order valence-corrected chi connectivity index (χ4v) is 3.38. The van der Waals surface area contributed by atoms with Gasteiger partial charge in [0.2, 0.25) is 5.91 Å². The zero-order valence-electron chi connectivity index (χ0n) is 13.7. The van der Waals surface area contributed by atoms with Crippen molar-refractivity contribution in [3.05, 3.63) is 76.8 Å². The van der Waals surface area contributed by atoms with E-state index in [-0.39, 0.29) is 5.91 Å². The first kappa shape index (κ1) is 16.8. The van der Waals surface area contributed by atoms with E-state index in [1.807, 2.05) is 29.2 Å². The molecule has 0 aromatic heterocycles. The van der Waals surface area contributed by atoms with E-state index in [0.717, 1.165) is 37.9 Å². The number of amides is 1. The number of carbonyl (C=O) groups is 1. The quantitative estimate of drug-likeness (QED) is 0.730. The van der Waals surface area contributed by atoms with Crippen molar-refractivity contribution in [2.24, 2.45) is 5.92 Å². The first-order chi connectivity index (χ1) is 11.7. The number of rotatable bonds is 4. The summed E-state index contributed by atoms with van der Waals surface area (Å²) in [4.78, 5) is 14.3. The second-order valence-electron chi connectivity index (χ2n) is 6.31. The molecular weight excluding hydrogens is 318 g/mol. The smallest absolute Gasteiger partial charge is 0.246 e. The van der Waals surface area contributed by atoms with E-state index in [9.17, 15) is 4.79 Å². The lowest BCUT2D eigenvalue weighted by atomic mass is 9.90. The van der Waals surface area contributed by atoms with Crippen LogP contribution in [-0.2, 0) is 11.2 Å². The molecule has 0 bridgehead atoms.